The third kappa shape index (κ3) is 6.18. The summed E-state index contributed by atoms with van der Waals surface area (Å²) < 4.78 is 21.3. The number of thioether (sulfide) groups is 1. The van der Waals surface area contributed by atoms with Gasteiger partial charge in [-0.05, 0) is 42.3 Å². The van der Waals surface area contributed by atoms with Crippen LogP contribution in [0.1, 0.15) is 13.8 Å². The molecule has 0 aliphatic carbocycles. The van der Waals surface area contributed by atoms with Gasteiger partial charge in [-0.3, -0.25) is 9.36 Å². The Morgan fingerprint density at radius 3 is 2.65 bits per heavy atom. The quantitative estimate of drug-likeness (QED) is 0.353. The first-order valence-electron chi connectivity index (χ1n) is 9.92. The number of nitrogens with one attached hydrogen (secondary N) is 1. The van der Waals surface area contributed by atoms with Crippen LogP contribution in [0.25, 0.3) is 11.4 Å². The SMILES string of the molecule is C=CCn1c(SCC(=O)Nc2ccccc2F)nnc1-c1ccc(OCC(C)C)cc1. The summed E-state index contributed by atoms with van der Waals surface area (Å²) >= 11 is 1.23. The highest BCUT2D eigenvalue weighted by Gasteiger charge is 2.16. The number of allylic oxidation sites excluding steroid dienone is 1. The lowest BCUT2D eigenvalue weighted by molar-refractivity contribution is -0.113. The zero-order valence-corrected chi connectivity index (χ0v) is 18.4. The molecule has 8 heteroatoms. The van der Waals surface area contributed by atoms with E-state index in [0.717, 1.165) is 11.3 Å². The maximum Gasteiger partial charge on any atom is 0.234 e. The first-order chi connectivity index (χ1) is 15.0. The monoisotopic (exact) mass is 440 g/mol. The predicted molar refractivity (Wildman–Crippen MR) is 122 cm³/mol. The second-order valence-electron chi connectivity index (χ2n) is 7.25. The molecule has 0 spiro atoms. The standard InChI is InChI=1S/C23H25FN4O2S/c1-4-13-28-22(17-9-11-18(12-10-17)30-14-16(2)3)26-27-23(28)31-15-21(29)25-20-8-6-5-7-19(20)24/h4-12,16H,1,13-15H2,2-3H3,(H,25,29). The molecule has 2 aromatic carbocycles. The summed E-state index contributed by atoms with van der Waals surface area (Å²) in [7, 11) is 0. The molecule has 6 nitrogen and oxygen atoms in total. The molecule has 1 aromatic heterocycles. The Balaban J connectivity index is 1.69. The number of para-hydroxylation sites is 1. The van der Waals surface area contributed by atoms with Crippen LogP contribution in [0.15, 0.2) is 66.3 Å². The third-order valence-corrected chi connectivity index (χ3v) is 5.17. The van der Waals surface area contributed by atoms with Crippen LogP contribution in [0.2, 0.25) is 0 Å². The van der Waals surface area contributed by atoms with Gasteiger partial charge in [0.15, 0.2) is 11.0 Å². The number of benzene rings is 2. The van der Waals surface area contributed by atoms with E-state index >= 15 is 0 Å². The number of carbonyl (C=O) groups excluding carboxylic acids is 1. The zero-order valence-electron chi connectivity index (χ0n) is 17.5. The van der Waals surface area contributed by atoms with Crippen LogP contribution in [0.3, 0.4) is 0 Å². The maximum atomic E-state index is 13.7. The summed E-state index contributed by atoms with van der Waals surface area (Å²) in [6.07, 6.45) is 1.75. The predicted octanol–water partition coefficient (Wildman–Crippen LogP) is 5.04. The largest absolute Gasteiger partial charge is 0.493 e. The zero-order chi connectivity index (χ0) is 22.2. The van der Waals surface area contributed by atoms with Gasteiger partial charge in [-0.1, -0.05) is 43.8 Å². The lowest BCUT2D eigenvalue weighted by Gasteiger charge is -2.10. The Morgan fingerprint density at radius 1 is 1.23 bits per heavy atom. The topological polar surface area (TPSA) is 69.0 Å². The summed E-state index contributed by atoms with van der Waals surface area (Å²) in [5.74, 6) is 1.20. The maximum absolute atomic E-state index is 13.7. The lowest BCUT2D eigenvalue weighted by Crippen LogP contribution is -2.15. The van der Waals surface area contributed by atoms with E-state index in [9.17, 15) is 9.18 Å². The van der Waals surface area contributed by atoms with Crippen molar-refractivity contribution in [2.75, 3.05) is 17.7 Å². The van der Waals surface area contributed by atoms with Crippen molar-refractivity contribution in [1.29, 1.82) is 0 Å². The Hall–Kier alpha value is -3.13. The summed E-state index contributed by atoms with van der Waals surface area (Å²) in [4.78, 5) is 12.2. The highest BCUT2D eigenvalue weighted by molar-refractivity contribution is 7.99. The van der Waals surface area contributed by atoms with Crippen molar-refractivity contribution in [3.63, 3.8) is 0 Å². The van der Waals surface area contributed by atoms with E-state index in [4.69, 9.17) is 4.74 Å². The Morgan fingerprint density at radius 2 is 1.97 bits per heavy atom. The Bertz CT molecular complexity index is 1030. The molecule has 1 heterocycles. The van der Waals surface area contributed by atoms with Crippen molar-refractivity contribution in [3.05, 3.63) is 67.0 Å². The number of hydrogen-bond donors (Lipinski definition) is 1. The van der Waals surface area contributed by atoms with Crippen molar-refractivity contribution < 1.29 is 13.9 Å². The van der Waals surface area contributed by atoms with Gasteiger partial charge in [-0.15, -0.1) is 16.8 Å². The summed E-state index contributed by atoms with van der Waals surface area (Å²) in [6, 6.07) is 13.7. The number of carbonyl (C=O) groups is 1. The number of rotatable bonds is 10. The molecule has 3 rings (SSSR count). The summed E-state index contributed by atoms with van der Waals surface area (Å²) in [5.41, 5.74) is 1.04. The fourth-order valence-electron chi connectivity index (χ4n) is 2.74. The minimum absolute atomic E-state index is 0.0750. The first-order valence-corrected chi connectivity index (χ1v) is 10.9. The van der Waals surface area contributed by atoms with E-state index in [1.807, 2.05) is 28.8 Å². The van der Waals surface area contributed by atoms with Gasteiger partial charge in [0, 0.05) is 12.1 Å². The number of aromatic nitrogens is 3. The van der Waals surface area contributed by atoms with E-state index < -0.39 is 5.82 Å². The van der Waals surface area contributed by atoms with Crippen LogP contribution in [0.4, 0.5) is 10.1 Å². The van der Waals surface area contributed by atoms with E-state index in [1.54, 1.807) is 18.2 Å². The minimum Gasteiger partial charge on any atom is -0.493 e. The number of amides is 1. The molecule has 0 aliphatic rings. The average molecular weight is 441 g/mol. The molecule has 0 radical (unpaired) electrons. The fourth-order valence-corrected chi connectivity index (χ4v) is 3.49. The summed E-state index contributed by atoms with van der Waals surface area (Å²) in [5, 5.41) is 11.7. The van der Waals surface area contributed by atoms with Gasteiger partial charge in [-0.25, -0.2) is 4.39 Å². The average Bonchev–Trinajstić information content (AvgIpc) is 3.15. The smallest absolute Gasteiger partial charge is 0.234 e. The van der Waals surface area contributed by atoms with Gasteiger partial charge in [0.1, 0.15) is 11.6 Å². The van der Waals surface area contributed by atoms with Gasteiger partial charge in [-0.2, -0.15) is 0 Å². The normalized spacial score (nSPS) is 10.8. The van der Waals surface area contributed by atoms with Gasteiger partial charge in [0.05, 0.1) is 18.0 Å². The molecule has 0 unspecified atom stereocenters. The van der Waals surface area contributed by atoms with Gasteiger partial charge < -0.3 is 10.1 Å². The number of hydrogen-bond acceptors (Lipinski definition) is 5. The molecule has 31 heavy (non-hydrogen) atoms. The van der Waals surface area contributed by atoms with Crippen LogP contribution in [0, 0.1) is 11.7 Å². The molecule has 0 bridgehead atoms. The summed E-state index contributed by atoms with van der Waals surface area (Å²) in [6.45, 7) is 9.14. The van der Waals surface area contributed by atoms with E-state index in [-0.39, 0.29) is 17.3 Å². The Kier molecular flexibility index (Phi) is 7.83. The third-order valence-electron chi connectivity index (χ3n) is 4.20. The molecular weight excluding hydrogens is 415 g/mol. The van der Waals surface area contributed by atoms with E-state index in [1.165, 1.54) is 23.9 Å². The van der Waals surface area contributed by atoms with Crippen molar-refractivity contribution in [3.8, 4) is 17.1 Å². The number of halogens is 1. The van der Waals surface area contributed by atoms with Crippen LogP contribution in [-0.2, 0) is 11.3 Å². The first kappa shape index (κ1) is 22.6. The van der Waals surface area contributed by atoms with Gasteiger partial charge in [0.25, 0.3) is 0 Å². The molecule has 0 atom stereocenters. The number of anilines is 1. The molecule has 0 fully saturated rings. The number of nitrogens with zero attached hydrogens (tertiary/aromatic N) is 3. The van der Waals surface area contributed by atoms with Crippen molar-refractivity contribution in [2.24, 2.45) is 5.92 Å². The molecule has 0 aliphatic heterocycles. The van der Waals surface area contributed by atoms with Gasteiger partial charge >= 0.3 is 0 Å². The molecule has 1 amide bonds. The van der Waals surface area contributed by atoms with Crippen LogP contribution < -0.4 is 10.1 Å². The van der Waals surface area contributed by atoms with Crippen molar-refractivity contribution >= 4 is 23.4 Å². The molecule has 162 valence electrons. The van der Waals surface area contributed by atoms with Crippen LogP contribution in [0.5, 0.6) is 5.75 Å². The Labute approximate surface area is 185 Å². The second-order valence-corrected chi connectivity index (χ2v) is 8.19. The fraction of sp³-hybridized carbons (Fsp3) is 0.261. The highest BCUT2D eigenvalue weighted by atomic mass is 32.2. The molecule has 1 N–H and O–H groups in total. The molecule has 0 saturated heterocycles. The second kappa shape index (κ2) is 10.8. The number of ether oxygens (including phenoxy) is 1. The molecule has 0 saturated carbocycles. The molecular formula is C23H25FN4O2S. The highest BCUT2D eigenvalue weighted by Crippen LogP contribution is 2.26. The molecule has 3 aromatic rings. The van der Waals surface area contributed by atoms with Gasteiger partial charge in [0.2, 0.25) is 5.91 Å². The van der Waals surface area contributed by atoms with Crippen LogP contribution >= 0.6 is 11.8 Å². The minimum atomic E-state index is -0.473. The van der Waals surface area contributed by atoms with E-state index in [2.05, 4.69) is 35.9 Å². The lowest BCUT2D eigenvalue weighted by atomic mass is 10.2. The van der Waals surface area contributed by atoms with Crippen molar-refractivity contribution in [2.45, 2.75) is 25.5 Å². The van der Waals surface area contributed by atoms with Crippen molar-refractivity contribution in [1.82, 2.24) is 14.8 Å². The van der Waals surface area contributed by atoms with E-state index in [0.29, 0.717) is 30.1 Å². The van der Waals surface area contributed by atoms with Crippen LogP contribution in [-0.4, -0.2) is 33.0 Å².